The molecule has 2 aliphatic heterocycles. The summed E-state index contributed by atoms with van der Waals surface area (Å²) in [5, 5.41) is 11.8. The molecular formula is C22H35BrN10O2. The van der Waals surface area contributed by atoms with E-state index in [0.717, 1.165) is 23.0 Å². The molecule has 0 aromatic carbocycles. The molecule has 1 aromatic rings. The van der Waals surface area contributed by atoms with Crippen LogP contribution in [0.1, 0.15) is 33.6 Å². The fraction of sp³-hybridized carbons (Fsp3) is 0.500. The van der Waals surface area contributed by atoms with Crippen LogP contribution in [-0.2, 0) is 4.74 Å². The number of hydrazine groups is 2. The fourth-order valence-corrected chi connectivity index (χ4v) is 4.07. The van der Waals surface area contributed by atoms with E-state index in [4.69, 9.17) is 16.3 Å². The van der Waals surface area contributed by atoms with Crippen LogP contribution in [0.4, 0.5) is 4.79 Å². The van der Waals surface area contributed by atoms with Gasteiger partial charge in [-0.15, -0.1) is 0 Å². The zero-order valence-electron chi connectivity index (χ0n) is 20.4. The van der Waals surface area contributed by atoms with E-state index in [1.165, 1.54) is 0 Å². The lowest BCUT2D eigenvalue weighted by Crippen LogP contribution is -2.48. The van der Waals surface area contributed by atoms with E-state index < -0.39 is 5.60 Å². The number of hydrogen-bond acceptors (Lipinski definition) is 10. The molecule has 0 atom stereocenters. The summed E-state index contributed by atoms with van der Waals surface area (Å²) in [6.07, 6.45) is 6.60. The number of carbonyl (C=O) groups excluding carboxylic acids is 1. The monoisotopic (exact) mass is 550 g/mol. The maximum atomic E-state index is 12.2. The van der Waals surface area contributed by atoms with Gasteiger partial charge in [0.15, 0.2) is 5.49 Å². The first-order valence-electron chi connectivity index (χ1n) is 11.4. The Morgan fingerprint density at radius 2 is 2.14 bits per heavy atom. The summed E-state index contributed by atoms with van der Waals surface area (Å²) in [7, 11) is 0. The highest BCUT2D eigenvalue weighted by molar-refractivity contribution is 9.10. The molecule has 0 saturated carbocycles. The predicted octanol–water partition coefficient (Wildman–Crippen LogP) is 1.16. The van der Waals surface area contributed by atoms with Crippen molar-refractivity contribution in [2.45, 2.75) is 45.3 Å². The number of aromatic nitrogens is 1. The smallest absolute Gasteiger partial charge is 0.410 e. The number of nitrogens with two attached hydrogens (primary N) is 2. The summed E-state index contributed by atoms with van der Waals surface area (Å²) >= 11 is 3.47. The lowest BCUT2D eigenvalue weighted by molar-refractivity contribution is 0.0165. The Morgan fingerprint density at radius 3 is 2.80 bits per heavy atom. The lowest BCUT2D eigenvalue weighted by Gasteiger charge is -2.36. The van der Waals surface area contributed by atoms with Crippen LogP contribution in [0.3, 0.4) is 0 Å². The van der Waals surface area contributed by atoms with E-state index in [1.54, 1.807) is 27.0 Å². The van der Waals surface area contributed by atoms with E-state index in [0.29, 0.717) is 37.4 Å². The molecule has 0 spiro atoms. The summed E-state index contributed by atoms with van der Waals surface area (Å²) in [6, 6.07) is 3.82. The van der Waals surface area contributed by atoms with E-state index in [-0.39, 0.29) is 12.1 Å². The molecule has 192 valence electrons. The Bertz CT molecular complexity index is 1040. The lowest BCUT2D eigenvalue weighted by atomic mass is 10.1. The van der Waals surface area contributed by atoms with Gasteiger partial charge in [-0.05, 0) is 61.7 Å². The molecule has 35 heavy (non-hydrogen) atoms. The molecule has 3 rings (SSSR count). The zero-order valence-corrected chi connectivity index (χ0v) is 22.0. The van der Waals surface area contributed by atoms with Crippen molar-refractivity contribution in [2.24, 2.45) is 21.8 Å². The van der Waals surface area contributed by atoms with Crippen molar-refractivity contribution in [1.82, 2.24) is 30.4 Å². The van der Waals surface area contributed by atoms with Gasteiger partial charge in [0.25, 0.3) is 0 Å². The van der Waals surface area contributed by atoms with Gasteiger partial charge < -0.3 is 25.4 Å². The zero-order chi connectivity index (χ0) is 25.6. The third-order valence-corrected chi connectivity index (χ3v) is 5.97. The maximum absolute atomic E-state index is 12.2. The standard InChI is InChI=1S/C22H35BrN10O2/c1-22(2,3)35-21(34)30-10-7-18(8-11-30)32(25)14-16(24)13-31-15-17(12-27-31)28-29-20-19(23)6-5-9-33(20)26-4/h5-6,9,14-15,18,27-28H,4,7-8,10-13,24-25H2,1-3H3/b16-14-,29-20-. The second kappa shape index (κ2) is 11.6. The van der Waals surface area contributed by atoms with Crippen molar-refractivity contribution in [3.05, 3.63) is 52.1 Å². The number of carbonyl (C=O) groups is 1. The second-order valence-electron chi connectivity index (χ2n) is 9.36. The molecule has 3 heterocycles. The van der Waals surface area contributed by atoms with Crippen molar-refractivity contribution in [3.8, 4) is 0 Å². The third kappa shape index (κ3) is 7.73. The third-order valence-electron chi connectivity index (χ3n) is 5.35. The summed E-state index contributed by atoms with van der Waals surface area (Å²) in [6.45, 7) is 11.3. The van der Waals surface area contributed by atoms with Gasteiger partial charge in [0.05, 0.1) is 23.3 Å². The van der Waals surface area contributed by atoms with Crippen molar-refractivity contribution >= 4 is 28.7 Å². The second-order valence-corrected chi connectivity index (χ2v) is 10.2. The topological polar surface area (TPSA) is 142 Å². The number of likely N-dealkylation sites (tertiary alicyclic amines) is 1. The van der Waals surface area contributed by atoms with Crippen molar-refractivity contribution in [1.29, 1.82) is 0 Å². The quantitative estimate of drug-likeness (QED) is 0.225. The summed E-state index contributed by atoms with van der Waals surface area (Å²) in [5.74, 6) is 6.27. The molecule has 1 saturated heterocycles. The van der Waals surface area contributed by atoms with Crippen LogP contribution in [0.25, 0.3) is 0 Å². The molecule has 6 N–H and O–H groups in total. The summed E-state index contributed by atoms with van der Waals surface area (Å²) in [5.41, 5.74) is 14.1. The van der Waals surface area contributed by atoms with E-state index in [1.807, 2.05) is 44.1 Å². The minimum atomic E-state index is -0.504. The van der Waals surface area contributed by atoms with E-state index >= 15 is 0 Å². The molecule has 0 radical (unpaired) electrons. The highest BCUT2D eigenvalue weighted by Crippen LogP contribution is 2.18. The normalized spacial score (nSPS) is 17.9. The van der Waals surface area contributed by atoms with Gasteiger partial charge in [0.2, 0.25) is 0 Å². The number of hydrogen-bond donors (Lipinski definition) is 4. The van der Waals surface area contributed by atoms with Gasteiger partial charge in [-0.2, -0.15) is 10.2 Å². The SMILES string of the molecule is C=Nn1cccc(Br)/c1=N/NC1=CN(C/C(N)=C/N(N)C2CCN(C(=O)OC(C)(C)C)CC2)NC1. The van der Waals surface area contributed by atoms with E-state index in [2.05, 4.69) is 43.7 Å². The Labute approximate surface area is 214 Å². The number of nitrogens with zero attached hydrogens (tertiary/aromatic N) is 6. The predicted molar refractivity (Wildman–Crippen MR) is 138 cm³/mol. The number of nitrogens with one attached hydrogen (secondary N) is 2. The first-order valence-corrected chi connectivity index (χ1v) is 12.2. The van der Waals surface area contributed by atoms with Crippen molar-refractivity contribution < 1.29 is 9.53 Å². The fourth-order valence-electron chi connectivity index (χ4n) is 3.65. The molecule has 1 fully saturated rings. The largest absolute Gasteiger partial charge is 0.444 e. The molecule has 0 bridgehead atoms. The minimum absolute atomic E-state index is 0.0971. The number of rotatable bonds is 7. The molecule has 1 amide bonds. The van der Waals surface area contributed by atoms with Gasteiger partial charge in [-0.1, -0.05) is 0 Å². The molecule has 2 aliphatic rings. The maximum Gasteiger partial charge on any atom is 0.410 e. The average molecular weight is 551 g/mol. The van der Waals surface area contributed by atoms with Crippen LogP contribution < -0.4 is 27.9 Å². The highest BCUT2D eigenvalue weighted by Gasteiger charge is 2.28. The van der Waals surface area contributed by atoms with Crippen LogP contribution in [0, 0.1) is 0 Å². The first kappa shape index (κ1) is 26.6. The Kier molecular flexibility index (Phi) is 8.81. The van der Waals surface area contributed by atoms with Crippen molar-refractivity contribution in [2.75, 3.05) is 26.2 Å². The van der Waals surface area contributed by atoms with Gasteiger partial charge in [0.1, 0.15) is 5.60 Å². The van der Waals surface area contributed by atoms with Crippen LogP contribution in [-0.4, -0.2) is 70.2 Å². The average Bonchev–Trinajstić information content (AvgIpc) is 3.23. The summed E-state index contributed by atoms with van der Waals surface area (Å²) < 4.78 is 7.80. The molecule has 0 unspecified atom stereocenters. The van der Waals surface area contributed by atoms with E-state index in [9.17, 15) is 4.79 Å². The van der Waals surface area contributed by atoms with Gasteiger partial charge in [0, 0.05) is 50.1 Å². The van der Waals surface area contributed by atoms with Crippen LogP contribution in [0.15, 0.2) is 56.8 Å². The number of pyridine rings is 1. The Hall–Kier alpha value is -3.03. The van der Waals surface area contributed by atoms with Gasteiger partial charge in [-0.25, -0.2) is 20.7 Å². The van der Waals surface area contributed by atoms with Gasteiger partial charge >= 0.3 is 6.09 Å². The Morgan fingerprint density at radius 1 is 1.43 bits per heavy atom. The molecule has 12 nitrogen and oxygen atoms in total. The highest BCUT2D eigenvalue weighted by atomic mass is 79.9. The van der Waals surface area contributed by atoms with Crippen LogP contribution in [0.2, 0.25) is 0 Å². The van der Waals surface area contributed by atoms with Gasteiger partial charge in [-0.3, -0.25) is 5.43 Å². The molecular weight excluding hydrogens is 516 g/mol. The molecule has 13 heteroatoms. The van der Waals surface area contributed by atoms with Crippen molar-refractivity contribution in [3.63, 3.8) is 0 Å². The minimum Gasteiger partial charge on any atom is -0.444 e. The Balaban J connectivity index is 1.50. The number of amides is 1. The molecule has 1 aromatic heterocycles. The van der Waals surface area contributed by atoms with Crippen LogP contribution >= 0.6 is 15.9 Å². The number of ether oxygens (including phenoxy) is 1. The number of halogens is 1. The number of piperidine rings is 1. The summed E-state index contributed by atoms with van der Waals surface area (Å²) in [4.78, 5) is 14.0. The first-order chi connectivity index (χ1) is 16.6. The molecule has 0 aliphatic carbocycles. The van der Waals surface area contributed by atoms with Crippen LogP contribution in [0.5, 0.6) is 0 Å².